The van der Waals surface area contributed by atoms with Gasteiger partial charge in [-0.3, -0.25) is 13.8 Å². The van der Waals surface area contributed by atoms with Crippen molar-refractivity contribution in [2.75, 3.05) is 12.8 Å². The molecule has 2 aromatic rings. The number of pyridine rings is 1. The van der Waals surface area contributed by atoms with Crippen molar-refractivity contribution in [1.29, 1.82) is 0 Å². The first kappa shape index (κ1) is 16.4. The number of benzene rings is 1. The van der Waals surface area contributed by atoms with Gasteiger partial charge in [0.15, 0.2) is 0 Å². The molecule has 2 atom stereocenters. The number of carbonyl (C=O) groups is 1. The van der Waals surface area contributed by atoms with Crippen LogP contribution in [0.5, 0.6) is 0 Å². The third-order valence-electron chi connectivity index (χ3n) is 3.69. The van der Waals surface area contributed by atoms with Gasteiger partial charge in [-0.05, 0) is 38.0 Å². The summed E-state index contributed by atoms with van der Waals surface area (Å²) < 4.78 is 11.3. The van der Waals surface area contributed by atoms with Crippen LogP contribution in [0.1, 0.15) is 28.4 Å². The zero-order valence-electron chi connectivity index (χ0n) is 13.1. The Labute approximate surface area is 131 Å². The van der Waals surface area contributed by atoms with Crippen molar-refractivity contribution in [3.05, 3.63) is 45.2 Å². The Morgan fingerprint density at radius 2 is 2.05 bits per heavy atom. The van der Waals surface area contributed by atoms with Gasteiger partial charge in [-0.25, -0.2) is 0 Å². The number of fused-ring (bicyclic) bond motifs is 1. The molecule has 0 spiro atoms. The quantitative estimate of drug-likeness (QED) is 0.899. The SMILES string of the molecule is Cc1cc(C)c2[nH]cc(C(=O)NC[C@H](C)[S@@](C)=O)c(=O)c2c1. The molecular weight excluding hydrogens is 300 g/mol. The molecule has 0 saturated heterocycles. The van der Waals surface area contributed by atoms with Gasteiger partial charge in [0.25, 0.3) is 5.91 Å². The molecule has 1 amide bonds. The lowest BCUT2D eigenvalue weighted by Gasteiger charge is -2.10. The molecule has 1 aromatic heterocycles. The molecule has 0 aliphatic carbocycles. The van der Waals surface area contributed by atoms with E-state index in [9.17, 15) is 13.8 Å². The first-order chi connectivity index (χ1) is 10.3. The highest BCUT2D eigenvalue weighted by Crippen LogP contribution is 2.15. The monoisotopic (exact) mass is 320 g/mol. The molecule has 0 unspecified atom stereocenters. The standard InChI is InChI=1S/C16H20N2O3S/c1-9-5-10(2)14-12(6-9)15(19)13(8-17-14)16(20)18-7-11(3)22(4)21/h5-6,8,11H,7H2,1-4H3,(H,17,19)(H,18,20)/t11-,22+/m0/s1. The van der Waals surface area contributed by atoms with Crippen LogP contribution in [0.2, 0.25) is 0 Å². The van der Waals surface area contributed by atoms with Crippen LogP contribution in [0.4, 0.5) is 0 Å². The molecule has 118 valence electrons. The normalized spacial score (nSPS) is 13.8. The van der Waals surface area contributed by atoms with Crippen LogP contribution in [0.15, 0.2) is 23.1 Å². The summed E-state index contributed by atoms with van der Waals surface area (Å²) in [6.45, 7) is 5.89. The molecule has 2 rings (SSSR count). The summed E-state index contributed by atoms with van der Waals surface area (Å²) >= 11 is 0. The molecule has 0 fully saturated rings. The number of aromatic nitrogens is 1. The number of rotatable bonds is 4. The minimum Gasteiger partial charge on any atom is -0.360 e. The van der Waals surface area contributed by atoms with Crippen LogP contribution in [0.3, 0.4) is 0 Å². The highest BCUT2D eigenvalue weighted by molar-refractivity contribution is 7.84. The van der Waals surface area contributed by atoms with Gasteiger partial charge >= 0.3 is 0 Å². The minimum atomic E-state index is -1.02. The lowest BCUT2D eigenvalue weighted by atomic mass is 10.0. The summed E-state index contributed by atoms with van der Waals surface area (Å²) in [5.41, 5.74) is 2.47. The van der Waals surface area contributed by atoms with Crippen LogP contribution < -0.4 is 10.7 Å². The second-order valence-electron chi connectivity index (χ2n) is 5.56. The lowest BCUT2D eigenvalue weighted by molar-refractivity contribution is 0.0953. The maximum absolute atomic E-state index is 12.5. The molecule has 0 aliphatic heterocycles. The second-order valence-corrected chi connectivity index (χ2v) is 7.36. The van der Waals surface area contributed by atoms with E-state index in [4.69, 9.17) is 0 Å². The Morgan fingerprint density at radius 3 is 2.68 bits per heavy atom. The van der Waals surface area contributed by atoms with E-state index in [0.717, 1.165) is 16.6 Å². The highest BCUT2D eigenvalue weighted by Gasteiger charge is 2.15. The number of nitrogens with one attached hydrogen (secondary N) is 2. The van der Waals surface area contributed by atoms with Crippen molar-refractivity contribution in [1.82, 2.24) is 10.3 Å². The van der Waals surface area contributed by atoms with Gasteiger partial charge in [0.2, 0.25) is 5.43 Å². The fourth-order valence-electron chi connectivity index (χ4n) is 2.31. The molecule has 2 N–H and O–H groups in total. The predicted molar refractivity (Wildman–Crippen MR) is 89.9 cm³/mol. The van der Waals surface area contributed by atoms with Crippen molar-refractivity contribution in [3.8, 4) is 0 Å². The van der Waals surface area contributed by atoms with E-state index in [1.165, 1.54) is 6.20 Å². The average Bonchev–Trinajstić information content (AvgIpc) is 2.45. The Bertz CT molecular complexity index is 811. The molecule has 0 saturated carbocycles. The fourth-order valence-corrected chi connectivity index (χ4v) is 2.63. The van der Waals surface area contributed by atoms with Crippen molar-refractivity contribution >= 4 is 27.6 Å². The zero-order valence-corrected chi connectivity index (χ0v) is 14.0. The number of aromatic amines is 1. The molecule has 5 nitrogen and oxygen atoms in total. The topological polar surface area (TPSA) is 79.0 Å². The van der Waals surface area contributed by atoms with Crippen LogP contribution in [0.25, 0.3) is 10.9 Å². The largest absolute Gasteiger partial charge is 0.360 e. The van der Waals surface area contributed by atoms with E-state index in [1.54, 1.807) is 19.2 Å². The van der Waals surface area contributed by atoms with E-state index >= 15 is 0 Å². The summed E-state index contributed by atoms with van der Waals surface area (Å²) in [5.74, 6) is -0.445. The van der Waals surface area contributed by atoms with Crippen LogP contribution in [0, 0.1) is 13.8 Å². The Kier molecular flexibility index (Phi) is 4.81. The third kappa shape index (κ3) is 3.27. The summed E-state index contributed by atoms with van der Waals surface area (Å²) in [6.07, 6.45) is 3.03. The smallest absolute Gasteiger partial charge is 0.256 e. The third-order valence-corrected chi connectivity index (χ3v) is 4.99. The molecule has 0 bridgehead atoms. The molecule has 0 aliphatic rings. The molecule has 1 heterocycles. The summed E-state index contributed by atoms with van der Waals surface area (Å²) in [5, 5.41) is 3.01. The van der Waals surface area contributed by atoms with E-state index in [0.29, 0.717) is 5.39 Å². The molecule has 0 radical (unpaired) electrons. The van der Waals surface area contributed by atoms with Gasteiger partial charge < -0.3 is 10.3 Å². The number of H-pyrrole nitrogens is 1. The van der Waals surface area contributed by atoms with E-state index in [1.807, 2.05) is 19.9 Å². The molecule has 6 heteroatoms. The van der Waals surface area contributed by atoms with Gasteiger partial charge in [-0.1, -0.05) is 6.07 Å². The van der Waals surface area contributed by atoms with Crippen LogP contribution in [-0.2, 0) is 10.8 Å². The summed E-state index contributed by atoms with van der Waals surface area (Å²) in [6, 6.07) is 3.76. The van der Waals surface area contributed by atoms with Crippen LogP contribution in [-0.4, -0.2) is 33.2 Å². The maximum atomic E-state index is 12.5. The van der Waals surface area contributed by atoms with E-state index in [2.05, 4.69) is 10.3 Å². The van der Waals surface area contributed by atoms with Gasteiger partial charge in [0.05, 0.1) is 5.52 Å². The number of hydrogen-bond acceptors (Lipinski definition) is 3. The number of aryl methyl sites for hydroxylation is 2. The van der Waals surface area contributed by atoms with Crippen molar-refractivity contribution < 1.29 is 9.00 Å². The number of carbonyl (C=O) groups excluding carboxylic acids is 1. The van der Waals surface area contributed by atoms with Gasteiger partial charge in [0, 0.05) is 40.4 Å². The molecule has 22 heavy (non-hydrogen) atoms. The maximum Gasteiger partial charge on any atom is 0.256 e. The fraction of sp³-hybridized carbons (Fsp3) is 0.375. The minimum absolute atomic E-state index is 0.0755. The van der Waals surface area contributed by atoms with Crippen molar-refractivity contribution in [2.24, 2.45) is 0 Å². The predicted octanol–water partition coefficient (Wildman–Crippen LogP) is 1.64. The first-order valence-electron chi connectivity index (χ1n) is 7.04. The first-order valence-corrected chi connectivity index (χ1v) is 8.66. The Morgan fingerprint density at radius 1 is 1.36 bits per heavy atom. The number of hydrogen-bond donors (Lipinski definition) is 2. The molecule has 1 aromatic carbocycles. The lowest BCUT2D eigenvalue weighted by Crippen LogP contribution is -2.35. The van der Waals surface area contributed by atoms with Crippen LogP contribution >= 0.6 is 0 Å². The number of amides is 1. The Balaban J connectivity index is 2.36. The second kappa shape index (κ2) is 6.44. The summed E-state index contributed by atoms with van der Waals surface area (Å²) in [7, 11) is -1.02. The molecular formula is C16H20N2O3S. The van der Waals surface area contributed by atoms with Gasteiger partial charge in [0.1, 0.15) is 5.56 Å². The zero-order chi connectivity index (χ0) is 16.4. The van der Waals surface area contributed by atoms with Gasteiger partial charge in [-0.15, -0.1) is 0 Å². The van der Waals surface area contributed by atoms with E-state index < -0.39 is 16.7 Å². The van der Waals surface area contributed by atoms with Crippen molar-refractivity contribution in [2.45, 2.75) is 26.0 Å². The highest BCUT2D eigenvalue weighted by atomic mass is 32.2. The Hall–Kier alpha value is -1.95. The van der Waals surface area contributed by atoms with E-state index in [-0.39, 0.29) is 22.8 Å². The van der Waals surface area contributed by atoms with Crippen molar-refractivity contribution in [3.63, 3.8) is 0 Å². The van der Waals surface area contributed by atoms with Gasteiger partial charge in [-0.2, -0.15) is 0 Å². The summed E-state index contributed by atoms with van der Waals surface area (Å²) in [4.78, 5) is 27.7. The average molecular weight is 320 g/mol.